The second-order valence-electron chi connectivity index (χ2n) is 5.91. The van der Waals surface area contributed by atoms with Crippen LogP contribution in [0.1, 0.15) is 37.7 Å². The molecule has 0 aliphatic heterocycles. The van der Waals surface area contributed by atoms with E-state index in [0.29, 0.717) is 0 Å². The minimum absolute atomic E-state index is 0.0690. The van der Waals surface area contributed by atoms with Crippen LogP contribution < -0.4 is 5.32 Å². The highest BCUT2D eigenvalue weighted by atomic mass is 32.2. The first-order valence-electron chi connectivity index (χ1n) is 6.91. The smallest absolute Gasteiger partial charge is 0.113 e. The van der Waals surface area contributed by atoms with Gasteiger partial charge in [0.25, 0.3) is 0 Å². The van der Waals surface area contributed by atoms with Crippen molar-refractivity contribution in [1.82, 2.24) is 5.32 Å². The summed E-state index contributed by atoms with van der Waals surface area (Å²) in [6.07, 6.45) is 1.67. The Morgan fingerprint density at radius 3 is 2.71 bits per heavy atom. The highest BCUT2D eigenvalue weighted by molar-refractivity contribution is 7.98. The summed E-state index contributed by atoms with van der Waals surface area (Å²) in [6.45, 7) is 7.16. The van der Waals surface area contributed by atoms with Gasteiger partial charge in [0.2, 0.25) is 0 Å². The van der Waals surface area contributed by atoms with Crippen LogP contribution in [0.3, 0.4) is 0 Å². The lowest BCUT2D eigenvalue weighted by molar-refractivity contribution is 0.424. The number of furan rings is 1. The van der Waals surface area contributed by atoms with Crippen LogP contribution in [0.2, 0.25) is 0 Å². The summed E-state index contributed by atoms with van der Waals surface area (Å²) in [5, 5.41) is 12.8. The molecule has 0 saturated heterocycles. The molecule has 0 radical (unpaired) electrons. The van der Waals surface area contributed by atoms with E-state index in [1.54, 1.807) is 18.0 Å². The molecule has 1 N–H and O–H groups in total. The molecule has 0 amide bonds. The molecule has 0 atom stereocenters. The average molecular weight is 300 g/mol. The van der Waals surface area contributed by atoms with E-state index in [2.05, 4.69) is 38.2 Å². The fourth-order valence-electron chi connectivity index (χ4n) is 1.81. The number of nitrogens with one attached hydrogen (secondary N) is 1. The van der Waals surface area contributed by atoms with Crippen molar-refractivity contribution in [2.24, 2.45) is 0 Å². The van der Waals surface area contributed by atoms with Crippen molar-refractivity contribution in [1.29, 1.82) is 5.26 Å². The quantitative estimate of drug-likeness (QED) is 0.835. The lowest BCUT2D eigenvalue weighted by atomic mass is 10.1. The van der Waals surface area contributed by atoms with Gasteiger partial charge in [-0.15, -0.1) is 11.8 Å². The zero-order valence-electron chi connectivity index (χ0n) is 12.6. The molecule has 0 saturated carbocycles. The van der Waals surface area contributed by atoms with Crippen LogP contribution in [-0.2, 0) is 12.3 Å². The van der Waals surface area contributed by atoms with Crippen molar-refractivity contribution in [3.05, 3.63) is 53.5 Å². The van der Waals surface area contributed by atoms with Gasteiger partial charge in [-0.1, -0.05) is 6.07 Å². The zero-order valence-corrected chi connectivity index (χ0v) is 13.5. The van der Waals surface area contributed by atoms with E-state index in [1.807, 2.05) is 24.3 Å². The Morgan fingerprint density at radius 1 is 1.29 bits per heavy atom. The van der Waals surface area contributed by atoms with Gasteiger partial charge in [0.1, 0.15) is 11.8 Å². The van der Waals surface area contributed by atoms with Gasteiger partial charge < -0.3 is 9.73 Å². The van der Waals surface area contributed by atoms with E-state index in [0.717, 1.165) is 34.1 Å². The molecular weight excluding hydrogens is 280 g/mol. The van der Waals surface area contributed by atoms with Crippen LogP contribution >= 0.6 is 11.8 Å². The van der Waals surface area contributed by atoms with Crippen LogP contribution in [0.4, 0.5) is 0 Å². The fraction of sp³-hybridized carbons (Fsp3) is 0.353. The molecule has 2 aromatic rings. The maximum absolute atomic E-state index is 9.32. The Kier molecular flexibility index (Phi) is 5.11. The van der Waals surface area contributed by atoms with Gasteiger partial charge in [0.15, 0.2) is 0 Å². The number of nitriles is 1. The zero-order chi connectivity index (χ0) is 15.3. The average Bonchev–Trinajstić information content (AvgIpc) is 2.95. The fourth-order valence-corrected chi connectivity index (χ4v) is 2.70. The Bertz CT molecular complexity index is 621. The van der Waals surface area contributed by atoms with Crippen LogP contribution in [0.25, 0.3) is 0 Å². The predicted molar refractivity (Wildman–Crippen MR) is 86.0 cm³/mol. The predicted octanol–water partition coefficient (Wildman–Crippen LogP) is 4.33. The molecule has 1 aromatic heterocycles. The number of hydrogen-bond donors (Lipinski definition) is 1. The summed E-state index contributed by atoms with van der Waals surface area (Å²) in [7, 11) is 0. The normalized spacial score (nSPS) is 11.3. The van der Waals surface area contributed by atoms with E-state index < -0.39 is 0 Å². The lowest BCUT2D eigenvalue weighted by Crippen LogP contribution is -2.35. The summed E-state index contributed by atoms with van der Waals surface area (Å²) in [5.41, 5.74) is 1.92. The molecule has 0 spiro atoms. The van der Waals surface area contributed by atoms with Crippen LogP contribution in [0, 0.1) is 11.3 Å². The standard InChI is InChI=1S/C17H20N2OS/c1-17(2,3)19-11-13-6-7-16(14(9-13)10-18)21-12-15-5-4-8-20-15/h4-9,19H,11-12H2,1-3H3. The minimum atomic E-state index is 0.0690. The van der Waals surface area contributed by atoms with Gasteiger partial charge in [-0.25, -0.2) is 0 Å². The van der Waals surface area contributed by atoms with Crippen LogP contribution in [-0.4, -0.2) is 5.54 Å². The number of hydrogen-bond acceptors (Lipinski definition) is 4. The summed E-state index contributed by atoms with van der Waals surface area (Å²) in [4.78, 5) is 0.994. The molecule has 1 heterocycles. The third kappa shape index (κ3) is 4.96. The molecule has 0 fully saturated rings. The van der Waals surface area contributed by atoms with Crippen molar-refractivity contribution in [3.8, 4) is 6.07 Å². The Balaban J connectivity index is 2.04. The second-order valence-corrected chi connectivity index (χ2v) is 6.93. The molecular formula is C17H20N2OS. The molecule has 0 unspecified atom stereocenters. The molecule has 0 aliphatic rings. The van der Waals surface area contributed by atoms with Crippen molar-refractivity contribution in [3.63, 3.8) is 0 Å². The Hall–Kier alpha value is -1.70. The first-order chi connectivity index (χ1) is 9.98. The first-order valence-corrected chi connectivity index (χ1v) is 7.90. The molecule has 110 valence electrons. The maximum atomic E-state index is 9.32. The van der Waals surface area contributed by atoms with E-state index in [1.165, 1.54) is 0 Å². The van der Waals surface area contributed by atoms with Gasteiger partial charge in [0, 0.05) is 17.0 Å². The van der Waals surface area contributed by atoms with Gasteiger partial charge in [0.05, 0.1) is 17.6 Å². The first kappa shape index (κ1) is 15.7. The highest BCUT2D eigenvalue weighted by Crippen LogP contribution is 2.27. The molecule has 0 aliphatic carbocycles. The summed E-state index contributed by atoms with van der Waals surface area (Å²) >= 11 is 1.63. The molecule has 0 bridgehead atoms. The molecule has 21 heavy (non-hydrogen) atoms. The SMILES string of the molecule is CC(C)(C)NCc1ccc(SCc2ccco2)c(C#N)c1. The van der Waals surface area contributed by atoms with Crippen molar-refractivity contribution < 1.29 is 4.42 Å². The Labute approximate surface area is 130 Å². The summed E-state index contributed by atoms with van der Waals surface area (Å²) in [5.74, 6) is 1.66. The molecule has 4 heteroatoms. The number of nitrogens with zero attached hydrogens (tertiary/aromatic N) is 1. The van der Waals surface area contributed by atoms with Gasteiger partial charge >= 0.3 is 0 Å². The van der Waals surface area contributed by atoms with Gasteiger partial charge in [-0.05, 0) is 50.6 Å². The van der Waals surface area contributed by atoms with Gasteiger partial charge in [-0.3, -0.25) is 0 Å². The number of benzene rings is 1. The summed E-state index contributed by atoms with van der Waals surface area (Å²) < 4.78 is 5.31. The molecule has 1 aromatic carbocycles. The second kappa shape index (κ2) is 6.84. The monoisotopic (exact) mass is 300 g/mol. The van der Waals surface area contributed by atoms with Crippen LogP contribution in [0.5, 0.6) is 0 Å². The summed E-state index contributed by atoms with van der Waals surface area (Å²) in [6, 6.07) is 12.2. The third-order valence-corrected chi connectivity index (χ3v) is 4.03. The highest BCUT2D eigenvalue weighted by Gasteiger charge is 2.10. The van der Waals surface area contributed by atoms with E-state index in [4.69, 9.17) is 4.42 Å². The van der Waals surface area contributed by atoms with E-state index in [-0.39, 0.29) is 5.54 Å². The van der Waals surface area contributed by atoms with Crippen LogP contribution in [0.15, 0.2) is 45.9 Å². The molecule has 3 nitrogen and oxygen atoms in total. The topological polar surface area (TPSA) is 49.0 Å². The van der Waals surface area contributed by atoms with E-state index in [9.17, 15) is 5.26 Å². The van der Waals surface area contributed by atoms with Crippen molar-refractivity contribution >= 4 is 11.8 Å². The van der Waals surface area contributed by atoms with E-state index >= 15 is 0 Å². The van der Waals surface area contributed by atoms with Gasteiger partial charge in [-0.2, -0.15) is 5.26 Å². The minimum Gasteiger partial charge on any atom is -0.468 e. The van der Waals surface area contributed by atoms with Crippen molar-refractivity contribution in [2.75, 3.05) is 0 Å². The third-order valence-electron chi connectivity index (χ3n) is 2.94. The maximum Gasteiger partial charge on any atom is 0.113 e. The number of rotatable bonds is 5. The largest absolute Gasteiger partial charge is 0.468 e. The lowest BCUT2D eigenvalue weighted by Gasteiger charge is -2.20. The Morgan fingerprint density at radius 2 is 2.10 bits per heavy atom. The van der Waals surface area contributed by atoms with Crippen molar-refractivity contribution in [2.45, 2.75) is 43.5 Å². The number of thioether (sulfide) groups is 1. The molecule has 2 rings (SSSR count).